The fourth-order valence-corrected chi connectivity index (χ4v) is 2.23. The van der Waals surface area contributed by atoms with E-state index in [9.17, 15) is 4.79 Å². The fourth-order valence-electron chi connectivity index (χ4n) is 1.88. The molecule has 0 aliphatic heterocycles. The summed E-state index contributed by atoms with van der Waals surface area (Å²) < 4.78 is 0.569. The molecule has 3 rings (SSSR count). The minimum absolute atomic E-state index is 0.234. The molecule has 0 radical (unpaired) electrons. The van der Waals surface area contributed by atoms with Crippen molar-refractivity contribution in [1.82, 2.24) is 15.2 Å². The minimum atomic E-state index is -0.339. The summed E-state index contributed by atoms with van der Waals surface area (Å²) >= 11 is 3.27. The van der Waals surface area contributed by atoms with Crippen molar-refractivity contribution < 1.29 is 4.79 Å². The predicted octanol–water partition coefficient (Wildman–Crippen LogP) is 2.28. The number of carbonyl (C=O) groups excluding carboxylic acids is 1. The van der Waals surface area contributed by atoms with Gasteiger partial charge in [-0.2, -0.15) is 5.10 Å². The molecule has 0 spiro atoms. The predicted molar refractivity (Wildman–Crippen MR) is 74.9 cm³/mol. The van der Waals surface area contributed by atoms with Crippen LogP contribution in [0.3, 0.4) is 0 Å². The molecule has 1 amide bonds. The Kier molecular flexibility index (Phi) is 2.98. The number of anilines is 2. The molecule has 7 heteroatoms. The number of rotatable bonds is 3. The van der Waals surface area contributed by atoms with Crippen molar-refractivity contribution in [3.63, 3.8) is 0 Å². The van der Waals surface area contributed by atoms with E-state index in [2.05, 4.69) is 36.4 Å². The van der Waals surface area contributed by atoms with E-state index < -0.39 is 0 Å². The fraction of sp³-hybridized carbons (Fsp3) is 0.250. The molecule has 2 aromatic heterocycles. The second-order valence-electron chi connectivity index (χ2n) is 4.47. The summed E-state index contributed by atoms with van der Waals surface area (Å²) in [5, 5.41) is 9.59. The lowest BCUT2D eigenvalue weighted by Gasteiger charge is -2.05. The SMILES string of the molecule is Nc1c(C(=O)Nc2cccnc2Br)n[nH]c1C1CC1. The lowest BCUT2D eigenvalue weighted by Crippen LogP contribution is -2.14. The standard InChI is InChI=1S/C12H12BrN5O/c13-11-7(2-1-5-15-11)16-12(19)10-8(14)9(17-18-10)6-3-4-6/h1-2,5-6H,3-4,14H2,(H,16,19)(H,17,18). The van der Waals surface area contributed by atoms with E-state index >= 15 is 0 Å². The number of aromatic amines is 1. The molecule has 0 bridgehead atoms. The highest BCUT2D eigenvalue weighted by molar-refractivity contribution is 9.10. The molecule has 2 heterocycles. The summed E-state index contributed by atoms with van der Waals surface area (Å²) in [5.41, 5.74) is 8.09. The summed E-state index contributed by atoms with van der Waals surface area (Å²) in [6.07, 6.45) is 3.83. The van der Waals surface area contributed by atoms with E-state index in [4.69, 9.17) is 5.73 Å². The van der Waals surface area contributed by atoms with Gasteiger partial charge in [-0.25, -0.2) is 4.98 Å². The van der Waals surface area contributed by atoms with Gasteiger partial charge in [0.25, 0.3) is 5.91 Å². The van der Waals surface area contributed by atoms with Crippen molar-refractivity contribution in [3.8, 4) is 0 Å². The Hall–Kier alpha value is -1.89. The highest BCUT2D eigenvalue weighted by atomic mass is 79.9. The van der Waals surface area contributed by atoms with Crippen LogP contribution >= 0.6 is 15.9 Å². The Morgan fingerprint density at radius 2 is 2.32 bits per heavy atom. The van der Waals surface area contributed by atoms with Crippen molar-refractivity contribution in [3.05, 3.63) is 34.3 Å². The van der Waals surface area contributed by atoms with Gasteiger partial charge >= 0.3 is 0 Å². The molecule has 1 aliphatic carbocycles. The van der Waals surface area contributed by atoms with Crippen LogP contribution in [-0.4, -0.2) is 21.1 Å². The van der Waals surface area contributed by atoms with Gasteiger partial charge in [0.05, 0.1) is 17.1 Å². The molecule has 1 fully saturated rings. The lowest BCUT2D eigenvalue weighted by atomic mass is 10.2. The van der Waals surface area contributed by atoms with Gasteiger partial charge in [-0.05, 0) is 40.9 Å². The van der Waals surface area contributed by atoms with Crippen LogP contribution in [0.1, 0.15) is 34.9 Å². The van der Waals surface area contributed by atoms with E-state index in [0.29, 0.717) is 21.9 Å². The van der Waals surface area contributed by atoms with Crippen molar-refractivity contribution >= 4 is 33.2 Å². The number of H-pyrrole nitrogens is 1. The largest absolute Gasteiger partial charge is 0.395 e. The van der Waals surface area contributed by atoms with Crippen LogP contribution < -0.4 is 11.1 Å². The number of halogens is 1. The number of amides is 1. The van der Waals surface area contributed by atoms with Gasteiger partial charge in [0, 0.05) is 12.1 Å². The van der Waals surface area contributed by atoms with Crippen molar-refractivity contribution in [1.29, 1.82) is 0 Å². The van der Waals surface area contributed by atoms with Gasteiger partial charge in [0.15, 0.2) is 5.69 Å². The molecule has 0 aromatic carbocycles. The van der Waals surface area contributed by atoms with Crippen LogP contribution in [0.5, 0.6) is 0 Å². The van der Waals surface area contributed by atoms with Crippen LogP contribution in [0.25, 0.3) is 0 Å². The summed E-state index contributed by atoms with van der Waals surface area (Å²) in [6, 6.07) is 3.49. The average molecular weight is 322 g/mol. The number of carbonyl (C=O) groups is 1. The molecule has 2 aromatic rings. The zero-order chi connectivity index (χ0) is 13.4. The van der Waals surface area contributed by atoms with E-state index in [1.54, 1.807) is 18.3 Å². The van der Waals surface area contributed by atoms with Gasteiger partial charge < -0.3 is 11.1 Å². The number of hydrogen-bond acceptors (Lipinski definition) is 4. The van der Waals surface area contributed by atoms with Gasteiger partial charge in [-0.15, -0.1) is 0 Å². The molecular weight excluding hydrogens is 310 g/mol. The molecule has 0 atom stereocenters. The average Bonchev–Trinajstić information content (AvgIpc) is 3.15. The smallest absolute Gasteiger partial charge is 0.278 e. The van der Waals surface area contributed by atoms with Crippen LogP contribution in [0, 0.1) is 0 Å². The molecule has 4 N–H and O–H groups in total. The van der Waals surface area contributed by atoms with Crippen LogP contribution in [0.4, 0.5) is 11.4 Å². The summed E-state index contributed by atoms with van der Waals surface area (Å²) in [6.45, 7) is 0. The van der Waals surface area contributed by atoms with E-state index in [1.165, 1.54) is 0 Å². The minimum Gasteiger partial charge on any atom is -0.395 e. The summed E-state index contributed by atoms with van der Waals surface area (Å²) in [5.74, 6) is 0.0912. The summed E-state index contributed by atoms with van der Waals surface area (Å²) in [4.78, 5) is 16.2. The maximum Gasteiger partial charge on any atom is 0.278 e. The highest BCUT2D eigenvalue weighted by Gasteiger charge is 2.30. The Morgan fingerprint density at radius 1 is 1.53 bits per heavy atom. The van der Waals surface area contributed by atoms with Crippen LogP contribution in [0.2, 0.25) is 0 Å². The van der Waals surface area contributed by atoms with Crippen molar-refractivity contribution in [2.75, 3.05) is 11.1 Å². The number of nitrogens with zero attached hydrogens (tertiary/aromatic N) is 2. The molecular formula is C12H12BrN5O. The Morgan fingerprint density at radius 3 is 3.00 bits per heavy atom. The molecule has 0 saturated heterocycles. The number of pyridine rings is 1. The van der Waals surface area contributed by atoms with Gasteiger partial charge in [-0.3, -0.25) is 9.89 Å². The maximum absolute atomic E-state index is 12.1. The molecule has 6 nitrogen and oxygen atoms in total. The number of hydrogen-bond donors (Lipinski definition) is 3. The number of aromatic nitrogens is 3. The Bertz CT molecular complexity index is 635. The first kappa shape index (κ1) is 12.2. The molecule has 98 valence electrons. The number of nitrogens with one attached hydrogen (secondary N) is 2. The molecule has 19 heavy (non-hydrogen) atoms. The van der Waals surface area contributed by atoms with Gasteiger partial charge in [-0.1, -0.05) is 0 Å². The van der Waals surface area contributed by atoms with E-state index in [0.717, 1.165) is 18.5 Å². The lowest BCUT2D eigenvalue weighted by molar-refractivity contribution is 0.102. The van der Waals surface area contributed by atoms with Crippen LogP contribution in [0.15, 0.2) is 22.9 Å². The zero-order valence-corrected chi connectivity index (χ0v) is 11.6. The maximum atomic E-state index is 12.1. The topological polar surface area (TPSA) is 96.7 Å². The quantitative estimate of drug-likeness (QED) is 0.755. The first-order valence-electron chi connectivity index (χ1n) is 5.92. The second kappa shape index (κ2) is 4.65. The monoisotopic (exact) mass is 321 g/mol. The summed E-state index contributed by atoms with van der Waals surface area (Å²) in [7, 11) is 0. The van der Waals surface area contributed by atoms with Crippen LogP contribution in [-0.2, 0) is 0 Å². The first-order valence-corrected chi connectivity index (χ1v) is 6.71. The second-order valence-corrected chi connectivity index (χ2v) is 5.22. The van der Waals surface area contributed by atoms with E-state index in [1.807, 2.05) is 0 Å². The normalized spacial score (nSPS) is 14.4. The zero-order valence-electron chi connectivity index (χ0n) is 9.98. The van der Waals surface area contributed by atoms with Crippen molar-refractivity contribution in [2.24, 2.45) is 0 Å². The van der Waals surface area contributed by atoms with E-state index in [-0.39, 0.29) is 11.6 Å². The van der Waals surface area contributed by atoms with Crippen molar-refractivity contribution in [2.45, 2.75) is 18.8 Å². The molecule has 0 unspecified atom stereocenters. The molecule has 1 aliphatic rings. The molecule has 1 saturated carbocycles. The van der Waals surface area contributed by atoms with Gasteiger partial charge in [0.2, 0.25) is 0 Å². The third-order valence-electron chi connectivity index (χ3n) is 3.04. The number of nitrogens with two attached hydrogens (primary N) is 1. The Labute approximate surface area is 117 Å². The number of nitrogen functional groups attached to an aromatic ring is 1. The Balaban J connectivity index is 1.82. The van der Waals surface area contributed by atoms with Gasteiger partial charge in [0.1, 0.15) is 4.60 Å². The third-order valence-corrected chi connectivity index (χ3v) is 3.67. The highest BCUT2D eigenvalue weighted by Crippen LogP contribution is 2.42. The third kappa shape index (κ3) is 2.33. The first-order chi connectivity index (χ1) is 9.16.